The molecule has 0 spiro atoms. The van der Waals surface area contributed by atoms with Crippen molar-refractivity contribution in [1.82, 2.24) is 4.40 Å². The molecule has 2 unspecified atom stereocenters. The Balaban J connectivity index is 1.86. The number of aromatic nitrogens is 2. The molecule has 2 nitrogen and oxygen atoms in total. The minimum Gasteiger partial charge on any atom is -0.216 e. The van der Waals surface area contributed by atoms with E-state index in [0.29, 0.717) is 0 Å². The molecule has 0 aliphatic carbocycles. The lowest BCUT2D eigenvalue weighted by Crippen LogP contribution is -2.66. The number of imidazole rings is 1. The molecule has 33 heavy (non-hydrogen) atoms. The zero-order chi connectivity index (χ0) is 23.6. The van der Waals surface area contributed by atoms with Crippen molar-refractivity contribution in [2.24, 2.45) is 0 Å². The quantitative estimate of drug-likeness (QED) is 0.202. The Bertz CT molecular complexity index is 1360. The molecule has 0 radical (unpaired) electrons. The summed E-state index contributed by atoms with van der Waals surface area (Å²) in [7, 11) is 0. The van der Waals surface area contributed by atoms with E-state index >= 15 is 0 Å². The smallest absolute Gasteiger partial charge is 0.216 e. The first-order valence-electron chi connectivity index (χ1n) is 13.2. The zero-order valence-corrected chi connectivity index (χ0v) is 21.8. The van der Waals surface area contributed by atoms with E-state index in [-0.39, 0.29) is 16.4 Å². The highest BCUT2D eigenvalue weighted by Gasteiger charge is 2.54. The van der Waals surface area contributed by atoms with E-state index in [1.807, 2.05) is 0 Å². The van der Waals surface area contributed by atoms with Crippen LogP contribution in [0.15, 0.2) is 48.7 Å². The molecule has 1 aliphatic rings. The zero-order valence-electron chi connectivity index (χ0n) is 21.8. The van der Waals surface area contributed by atoms with Gasteiger partial charge in [0.25, 0.3) is 5.65 Å². The van der Waals surface area contributed by atoms with E-state index < -0.39 is 0 Å². The molecule has 2 aromatic heterocycles. The molecule has 0 saturated heterocycles. The third-order valence-electron chi connectivity index (χ3n) is 9.50. The van der Waals surface area contributed by atoms with Gasteiger partial charge in [-0.1, -0.05) is 85.1 Å². The molecule has 2 aromatic carbocycles. The third-order valence-corrected chi connectivity index (χ3v) is 9.50. The molecule has 0 bridgehead atoms. The summed E-state index contributed by atoms with van der Waals surface area (Å²) in [6, 6.07) is 16.6. The van der Waals surface area contributed by atoms with Gasteiger partial charge in [0.15, 0.2) is 11.0 Å². The highest BCUT2D eigenvalue weighted by Crippen LogP contribution is 2.50. The van der Waals surface area contributed by atoms with Crippen molar-refractivity contribution in [3.63, 3.8) is 0 Å². The van der Waals surface area contributed by atoms with Crippen LogP contribution in [0.2, 0.25) is 0 Å². The summed E-state index contributed by atoms with van der Waals surface area (Å²) in [6.07, 6.45) is 9.67. The fourth-order valence-electron chi connectivity index (χ4n) is 6.74. The number of hydrogen-bond acceptors (Lipinski definition) is 0. The van der Waals surface area contributed by atoms with Gasteiger partial charge in [-0.2, -0.15) is 4.40 Å². The summed E-state index contributed by atoms with van der Waals surface area (Å²) in [4.78, 5) is 0. The van der Waals surface area contributed by atoms with Gasteiger partial charge in [-0.3, -0.25) is 0 Å². The van der Waals surface area contributed by atoms with E-state index in [2.05, 4.69) is 106 Å². The second kappa shape index (κ2) is 7.58. The SMILES string of the molecule is CCCCCC(C)(C)c1ccc2c(c1)n1ccc3cccc4c3c1[n+]2C(C)(CC)C4(C)CC. The van der Waals surface area contributed by atoms with Crippen LogP contribution in [0.1, 0.15) is 98.1 Å². The number of fused-ring (bicyclic) bond motifs is 3. The lowest BCUT2D eigenvalue weighted by atomic mass is 9.62. The summed E-state index contributed by atoms with van der Waals surface area (Å²) in [5.74, 6) is 0. The molecule has 0 saturated carbocycles. The van der Waals surface area contributed by atoms with Crippen LogP contribution in [0, 0.1) is 0 Å². The largest absolute Gasteiger partial charge is 0.295 e. The van der Waals surface area contributed by atoms with Gasteiger partial charge < -0.3 is 0 Å². The maximum Gasteiger partial charge on any atom is 0.295 e. The summed E-state index contributed by atoms with van der Waals surface area (Å²) < 4.78 is 5.19. The lowest BCUT2D eigenvalue weighted by Gasteiger charge is -2.46. The van der Waals surface area contributed by atoms with Gasteiger partial charge in [-0.15, -0.1) is 0 Å². The number of nitrogens with zero attached hydrogens (tertiary/aromatic N) is 2. The predicted octanol–water partition coefficient (Wildman–Crippen LogP) is 8.20. The number of unbranched alkanes of at least 4 members (excludes halogenated alkanes) is 2. The number of pyridine rings is 1. The molecule has 4 aromatic rings. The summed E-state index contributed by atoms with van der Waals surface area (Å²) in [5, 5.41) is 2.80. The van der Waals surface area contributed by atoms with Gasteiger partial charge in [-0.05, 0) is 66.3 Å². The van der Waals surface area contributed by atoms with Crippen molar-refractivity contribution >= 4 is 27.5 Å². The number of hydrogen-bond donors (Lipinski definition) is 0. The Morgan fingerprint density at radius 2 is 1.73 bits per heavy atom. The normalized spacial score (nSPS) is 22.8. The van der Waals surface area contributed by atoms with Crippen molar-refractivity contribution in [2.45, 2.75) is 103 Å². The van der Waals surface area contributed by atoms with Crippen LogP contribution < -0.4 is 4.57 Å². The van der Waals surface area contributed by atoms with Crippen LogP contribution in [-0.4, -0.2) is 4.40 Å². The van der Waals surface area contributed by atoms with E-state index in [1.165, 1.54) is 64.3 Å². The molecular weight excluding hydrogens is 400 g/mol. The Morgan fingerprint density at radius 3 is 2.42 bits per heavy atom. The highest BCUT2D eigenvalue weighted by atomic mass is 15.2. The average Bonchev–Trinajstić information content (AvgIpc) is 3.17. The lowest BCUT2D eigenvalue weighted by molar-refractivity contribution is -0.728. The fraction of sp³-hybridized carbons (Fsp3) is 0.516. The third kappa shape index (κ3) is 2.88. The van der Waals surface area contributed by atoms with Crippen LogP contribution in [0.3, 0.4) is 0 Å². The molecule has 2 heteroatoms. The van der Waals surface area contributed by atoms with Gasteiger partial charge in [0.05, 0.1) is 11.6 Å². The molecule has 0 fully saturated rings. The Kier molecular flexibility index (Phi) is 5.16. The van der Waals surface area contributed by atoms with Crippen LogP contribution in [0.5, 0.6) is 0 Å². The Morgan fingerprint density at radius 1 is 0.939 bits per heavy atom. The first-order chi connectivity index (χ1) is 15.7. The summed E-state index contributed by atoms with van der Waals surface area (Å²) >= 11 is 0. The minimum absolute atomic E-state index is 0.00947. The van der Waals surface area contributed by atoms with Gasteiger partial charge in [0.1, 0.15) is 5.54 Å². The van der Waals surface area contributed by atoms with E-state index in [9.17, 15) is 0 Å². The average molecular weight is 442 g/mol. The molecular formula is C31H41N2+. The van der Waals surface area contributed by atoms with Crippen LogP contribution in [0.25, 0.3) is 27.5 Å². The van der Waals surface area contributed by atoms with Gasteiger partial charge in [0, 0.05) is 5.41 Å². The van der Waals surface area contributed by atoms with Gasteiger partial charge >= 0.3 is 0 Å². The summed E-state index contributed by atoms with van der Waals surface area (Å²) in [6.45, 7) is 16.9. The van der Waals surface area contributed by atoms with E-state index in [0.717, 1.165) is 12.8 Å². The van der Waals surface area contributed by atoms with Crippen molar-refractivity contribution in [3.8, 4) is 0 Å². The first-order valence-corrected chi connectivity index (χ1v) is 13.2. The predicted molar refractivity (Wildman–Crippen MR) is 141 cm³/mol. The topological polar surface area (TPSA) is 8.29 Å². The fourth-order valence-corrected chi connectivity index (χ4v) is 6.74. The molecule has 3 heterocycles. The van der Waals surface area contributed by atoms with E-state index in [4.69, 9.17) is 0 Å². The minimum atomic E-state index is 0.00947. The first kappa shape index (κ1) is 22.4. The highest BCUT2D eigenvalue weighted by molar-refractivity contribution is 5.99. The Hall–Kier alpha value is -2.35. The molecule has 2 atom stereocenters. The number of rotatable bonds is 7. The maximum atomic E-state index is 2.70. The van der Waals surface area contributed by atoms with Crippen molar-refractivity contribution < 1.29 is 4.57 Å². The second-order valence-electron chi connectivity index (χ2n) is 11.5. The van der Waals surface area contributed by atoms with Gasteiger partial charge in [-0.25, -0.2) is 4.57 Å². The standard InChI is InChI=1S/C31H41N2/c1-8-11-12-19-29(4,5)23-16-17-25-26(21-23)32-20-18-22-14-13-15-24-27(22)28(32)33(25)31(7,10-3)30(24,6)9-2/h13-18,20-21H,8-12,19H2,1-7H3/q+1. The van der Waals surface area contributed by atoms with Crippen LogP contribution in [0.4, 0.5) is 0 Å². The Labute approximate surface area is 199 Å². The van der Waals surface area contributed by atoms with Crippen molar-refractivity contribution in [2.75, 3.05) is 0 Å². The molecule has 0 amide bonds. The van der Waals surface area contributed by atoms with Crippen LogP contribution in [-0.2, 0) is 16.4 Å². The van der Waals surface area contributed by atoms with Crippen LogP contribution >= 0.6 is 0 Å². The molecule has 0 N–H and O–H groups in total. The van der Waals surface area contributed by atoms with Crippen molar-refractivity contribution in [1.29, 1.82) is 0 Å². The second-order valence-corrected chi connectivity index (χ2v) is 11.5. The molecule has 174 valence electrons. The summed E-state index contributed by atoms with van der Waals surface area (Å²) in [5.41, 5.74) is 7.34. The molecule has 1 aliphatic heterocycles. The number of benzene rings is 2. The molecule has 5 rings (SSSR count). The van der Waals surface area contributed by atoms with E-state index in [1.54, 1.807) is 0 Å². The van der Waals surface area contributed by atoms with Gasteiger partial charge in [0.2, 0.25) is 0 Å². The monoisotopic (exact) mass is 441 g/mol. The maximum absolute atomic E-state index is 2.70. The van der Waals surface area contributed by atoms with Crippen molar-refractivity contribution in [3.05, 3.63) is 59.8 Å².